The number of anilines is 1. The number of hydrogen-bond acceptors (Lipinski definition) is 2. The van der Waals surface area contributed by atoms with Gasteiger partial charge in [0.15, 0.2) is 0 Å². The van der Waals surface area contributed by atoms with Crippen LogP contribution < -0.4 is 4.90 Å². The molecular formula is C30H29N3O. The Kier molecular flexibility index (Phi) is 6.13. The molecule has 170 valence electrons. The van der Waals surface area contributed by atoms with E-state index in [1.165, 1.54) is 16.5 Å². The molecule has 4 heteroatoms. The summed E-state index contributed by atoms with van der Waals surface area (Å²) in [6, 6.07) is 26.9. The van der Waals surface area contributed by atoms with Crippen LogP contribution in [0.1, 0.15) is 30.9 Å². The third-order valence-electron chi connectivity index (χ3n) is 6.47. The van der Waals surface area contributed by atoms with E-state index in [4.69, 9.17) is 0 Å². The van der Waals surface area contributed by atoms with E-state index in [9.17, 15) is 4.79 Å². The molecule has 0 unspecified atom stereocenters. The summed E-state index contributed by atoms with van der Waals surface area (Å²) in [7, 11) is 0. The van der Waals surface area contributed by atoms with Crippen LogP contribution in [0, 0.1) is 6.92 Å². The van der Waals surface area contributed by atoms with Crippen LogP contribution in [0.25, 0.3) is 33.1 Å². The van der Waals surface area contributed by atoms with Crippen molar-refractivity contribution >= 4 is 33.3 Å². The lowest BCUT2D eigenvalue weighted by atomic mass is 10.0. The molecule has 1 N–H and O–H groups in total. The van der Waals surface area contributed by atoms with E-state index in [1.54, 1.807) is 0 Å². The zero-order valence-electron chi connectivity index (χ0n) is 19.7. The van der Waals surface area contributed by atoms with E-state index >= 15 is 0 Å². The number of aryl methyl sites for hydroxylation is 2. The largest absolute Gasteiger partial charge is 0.353 e. The Labute approximate surface area is 200 Å². The predicted molar refractivity (Wildman–Crippen MR) is 141 cm³/mol. The number of carbonyl (C=O) groups excluding carboxylic acids is 1. The minimum atomic E-state index is 0.161. The lowest BCUT2D eigenvalue weighted by Gasteiger charge is -2.23. The molecule has 3 aromatic carbocycles. The number of hydrogen-bond donors (Lipinski definition) is 1. The molecule has 1 amide bonds. The quantitative estimate of drug-likeness (QED) is 0.290. The van der Waals surface area contributed by atoms with E-state index in [0.717, 1.165) is 46.2 Å². The molecule has 0 spiro atoms. The second-order valence-corrected chi connectivity index (χ2v) is 8.73. The molecule has 4 nitrogen and oxygen atoms in total. The van der Waals surface area contributed by atoms with Crippen molar-refractivity contribution in [2.75, 3.05) is 11.4 Å². The van der Waals surface area contributed by atoms with Crippen LogP contribution in [0.3, 0.4) is 0 Å². The summed E-state index contributed by atoms with van der Waals surface area (Å²) in [5, 5.41) is 3.49. The molecule has 34 heavy (non-hydrogen) atoms. The highest BCUT2D eigenvalue weighted by Gasteiger charge is 2.18. The van der Waals surface area contributed by atoms with Crippen molar-refractivity contribution in [2.24, 2.45) is 0 Å². The first-order valence-electron chi connectivity index (χ1n) is 12.0. The van der Waals surface area contributed by atoms with E-state index in [2.05, 4.69) is 53.3 Å². The zero-order chi connectivity index (χ0) is 23.5. The van der Waals surface area contributed by atoms with Crippen LogP contribution in [0.2, 0.25) is 0 Å². The van der Waals surface area contributed by atoms with E-state index < -0.39 is 0 Å². The molecule has 0 atom stereocenters. The van der Waals surface area contributed by atoms with Gasteiger partial charge in [-0.05, 0) is 68.0 Å². The third-order valence-corrected chi connectivity index (χ3v) is 6.47. The fourth-order valence-corrected chi connectivity index (χ4v) is 4.83. The average molecular weight is 448 g/mol. The summed E-state index contributed by atoms with van der Waals surface area (Å²) >= 11 is 0. The van der Waals surface area contributed by atoms with Crippen LogP contribution in [0.15, 0.2) is 85.1 Å². The van der Waals surface area contributed by atoms with Gasteiger partial charge in [0.25, 0.3) is 0 Å². The van der Waals surface area contributed by atoms with Crippen molar-refractivity contribution in [3.8, 4) is 11.4 Å². The molecule has 0 aliphatic heterocycles. The van der Waals surface area contributed by atoms with E-state index in [-0.39, 0.29) is 5.91 Å². The van der Waals surface area contributed by atoms with Gasteiger partial charge in [-0.2, -0.15) is 0 Å². The SMILES string of the molecule is CCN(C(=O)CCCc1c(-c2ccccn2)[nH]c2ccc(C)cc12)c1cccc2ccccc12. The van der Waals surface area contributed by atoms with Crippen LogP contribution in [-0.4, -0.2) is 22.4 Å². The van der Waals surface area contributed by atoms with Gasteiger partial charge < -0.3 is 9.88 Å². The van der Waals surface area contributed by atoms with Crippen LogP contribution >= 0.6 is 0 Å². The van der Waals surface area contributed by atoms with Gasteiger partial charge in [0.05, 0.1) is 17.1 Å². The Morgan fingerprint density at radius 2 is 1.76 bits per heavy atom. The highest BCUT2D eigenvalue weighted by Crippen LogP contribution is 2.32. The Morgan fingerprint density at radius 3 is 2.59 bits per heavy atom. The third kappa shape index (κ3) is 4.19. The maximum atomic E-state index is 13.3. The summed E-state index contributed by atoms with van der Waals surface area (Å²) in [6.07, 6.45) is 3.91. The molecule has 0 saturated carbocycles. The standard InChI is InChI=1S/C30H29N3O/c1-3-33(28-15-8-11-22-10-4-5-12-23(22)28)29(34)16-9-13-24-25-20-21(2)17-18-26(25)32-30(24)27-14-6-7-19-31-27/h4-8,10-12,14-15,17-20,32H,3,9,13,16H2,1-2H3. The molecule has 2 aromatic heterocycles. The zero-order valence-corrected chi connectivity index (χ0v) is 19.7. The number of amides is 1. The topological polar surface area (TPSA) is 49.0 Å². The Hall–Kier alpha value is -3.92. The van der Waals surface area contributed by atoms with Gasteiger partial charge in [-0.1, -0.05) is 54.1 Å². The number of nitrogens with zero attached hydrogens (tertiary/aromatic N) is 2. The summed E-state index contributed by atoms with van der Waals surface area (Å²) in [6.45, 7) is 4.81. The molecular weight excluding hydrogens is 418 g/mol. The summed E-state index contributed by atoms with van der Waals surface area (Å²) in [4.78, 5) is 23.4. The number of nitrogens with one attached hydrogen (secondary N) is 1. The number of aromatic nitrogens is 2. The Morgan fingerprint density at radius 1 is 0.941 bits per heavy atom. The van der Waals surface area contributed by atoms with Gasteiger partial charge >= 0.3 is 0 Å². The van der Waals surface area contributed by atoms with Crippen LogP contribution in [0.5, 0.6) is 0 Å². The summed E-state index contributed by atoms with van der Waals surface area (Å²) in [5.74, 6) is 0.161. The van der Waals surface area contributed by atoms with Crippen molar-refractivity contribution in [3.63, 3.8) is 0 Å². The number of benzene rings is 3. The molecule has 0 fully saturated rings. The average Bonchev–Trinajstić information content (AvgIpc) is 3.23. The lowest BCUT2D eigenvalue weighted by Crippen LogP contribution is -2.30. The predicted octanol–water partition coefficient (Wildman–Crippen LogP) is 7.07. The van der Waals surface area contributed by atoms with Crippen molar-refractivity contribution in [1.82, 2.24) is 9.97 Å². The first kappa shape index (κ1) is 21.9. The number of aromatic amines is 1. The number of pyridine rings is 1. The number of carbonyl (C=O) groups is 1. The van der Waals surface area contributed by atoms with Gasteiger partial charge in [0, 0.05) is 35.5 Å². The molecule has 0 bridgehead atoms. The van der Waals surface area contributed by atoms with Gasteiger partial charge in [0.2, 0.25) is 5.91 Å². The number of fused-ring (bicyclic) bond motifs is 2. The van der Waals surface area contributed by atoms with Crippen LogP contribution in [-0.2, 0) is 11.2 Å². The maximum absolute atomic E-state index is 13.3. The van der Waals surface area contributed by atoms with E-state index in [0.29, 0.717) is 13.0 Å². The van der Waals surface area contributed by atoms with Gasteiger partial charge in [-0.3, -0.25) is 9.78 Å². The second-order valence-electron chi connectivity index (χ2n) is 8.73. The minimum absolute atomic E-state index is 0.161. The highest BCUT2D eigenvalue weighted by atomic mass is 16.2. The highest BCUT2D eigenvalue weighted by molar-refractivity contribution is 6.03. The molecule has 0 aliphatic rings. The lowest BCUT2D eigenvalue weighted by molar-refractivity contribution is -0.118. The first-order valence-corrected chi connectivity index (χ1v) is 12.0. The van der Waals surface area contributed by atoms with Crippen molar-refractivity contribution < 1.29 is 4.79 Å². The fourth-order valence-electron chi connectivity index (χ4n) is 4.83. The van der Waals surface area contributed by atoms with E-state index in [1.807, 2.05) is 60.5 Å². The van der Waals surface area contributed by atoms with Gasteiger partial charge in [0.1, 0.15) is 0 Å². The Bertz CT molecular complexity index is 1450. The van der Waals surface area contributed by atoms with Crippen molar-refractivity contribution in [3.05, 3.63) is 96.2 Å². The molecule has 5 aromatic rings. The maximum Gasteiger partial charge on any atom is 0.226 e. The minimum Gasteiger partial charge on any atom is -0.353 e. The fraction of sp³-hybridized carbons (Fsp3) is 0.200. The Balaban J connectivity index is 1.39. The first-order chi connectivity index (χ1) is 16.7. The molecule has 0 aliphatic carbocycles. The van der Waals surface area contributed by atoms with Crippen LogP contribution in [0.4, 0.5) is 5.69 Å². The summed E-state index contributed by atoms with van der Waals surface area (Å²) in [5.41, 5.74) is 6.54. The van der Waals surface area contributed by atoms with Crippen molar-refractivity contribution in [1.29, 1.82) is 0 Å². The smallest absolute Gasteiger partial charge is 0.226 e. The number of H-pyrrole nitrogens is 1. The van der Waals surface area contributed by atoms with Gasteiger partial charge in [-0.25, -0.2) is 0 Å². The van der Waals surface area contributed by atoms with Crippen molar-refractivity contribution in [2.45, 2.75) is 33.1 Å². The normalized spacial score (nSPS) is 11.2. The van der Waals surface area contributed by atoms with Gasteiger partial charge in [-0.15, -0.1) is 0 Å². The molecule has 2 heterocycles. The number of rotatable bonds is 7. The summed E-state index contributed by atoms with van der Waals surface area (Å²) < 4.78 is 0. The molecule has 0 saturated heterocycles. The monoisotopic (exact) mass is 447 g/mol. The molecule has 0 radical (unpaired) electrons. The molecule has 5 rings (SSSR count). The second kappa shape index (κ2) is 9.52.